The van der Waals surface area contributed by atoms with E-state index < -0.39 is 17.3 Å². The molecule has 2 bridgehead atoms. The molecule has 4 aliphatic heterocycles. The van der Waals surface area contributed by atoms with Gasteiger partial charge in [0.05, 0.1) is 48.9 Å². The van der Waals surface area contributed by atoms with Crippen LogP contribution in [0, 0.1) is 0 Å². The van der Waals surface area contributed by atoms with Crippen molar-refractivity contribution in [2.45, 2.75) is 135 Å². The fraction of sp³-hybridized carbons (Fsp3) is 0.448. The molecule has 84 heavy (non-hydrogen) atoms. The normalized spacial score (nSPS) is 20.8. The number of aromatic nitrogens is 3. The van der Waals surface area contributed by atoms with Crippen LogP contribution in [0.4, 0.5) is 20.7 Å². The summed E-state index contributed by atoms with van der Waals surface area (Å²) in [5.74, 6) is 0.492. The van der Waals surface area contributed by atoms with Crippen molar-refractivity contribution in [2.75, 3.05) is 70.1 Å². The monoisotopic (exact) mass is 1180 g/mol. The Morgan fingerprint density at radius 1 is 0.905 bits per heavy atom. The number of urea groups is 1. The number of fused-ring (bicyclic) bond motifs is 6. The third kappa shape index (κ3) is 14.6. The number of unbranched alkanes of at least 4 members (excludes halogenated alkanes) is 5. The Labute approximate surface area is 506 Å². The highest BCUT2D eigenvalue weighted by Gasteiger charge is 2.50. The van der Waals surface area contributed by atoms with Crippen molar-refractivity contribution < 1.29 is 23.5 Å². The maximum atomic E-state index is 15.4. The number of halogens is 3. The molecule has 4 aliphatic rings. The minimum atomic E-state index is -0.642. The quantitative estimate of drug-likeness (QED) is 0.0869. The van der Waals surface area contributed by atoms with Crippen LogP contribution < -0.4 is 20.7 Å². The number of nitrogens with zero attached hydrogens (tertiary/aromatic N) is 8. The van der Waals surface area contributed by atoms with E-state index in [1.807, 2.05) is 65.4 Å². The van der Waals surface area contributed by atoms with E-state index in [1.165, 1.54) is 18.2 Å². The predicted octanol–water partition coefficient (Wildman–Crippen LogP) is 13.5. The van der Waals surface area contributed by atoms with Crippen molar-refractivity contribution in [3.8, 4) is 16.9 Å². The number of anilines is 2. The molecule has 0 radical (unpaired) electrons. The first kappa shape index (κ1) is 61.6. The fourth-order valence-corrected chi connectivity index (χ4v) is 12.5. The highest BCUT2D eigenvalue weighted by Crippen LogP contribution is 2.54. The van der Waals surface area contributed by atoms with Gasteiger partial charge in [-0.1, -0.05) is 113 Å². The predicted molar refractivity (Wildman–Crippen MR) is 337 cm³/mol. The van der Waals surface area contributed by atoms with Crippen molar-refractivity contribution in [1.29, 1.82) is 0 Å². The number of rotatable bonds is 17. The first-order valence-electron chi connectivity index (χ1n) is 30.0. The molecule has 5 aromatic rings. The number of nitrogens with one attached hydrogen (secondary N) is 1. The Balaban J connectivity index is 0.753. The van der Waals surface area contributed by atoms with Crippen LogP contribution in [0.2, 0.25) is 10.0 Å². The number of carbonyl (C=O) groups excluding carboxylic acids is 3. The van der Waals surface area contributed by atoms with Gasteiger partial charge < -0.3 is 30.5 Å². The number of hydrogen-bond donors (Lipinski definition) is 2. The second-order valence-corrected chi connectivity index (χ2v) is 24.9. The summed E-state index contributed by atoms with van der Waals surface area (Å²) in [7, 11) is 1.71. The van der Waals surface area contributed by atoms with Gasteiger partial charge in [0.1, 0.15) is 17.4 Å². The summed E-state index contributed by atoms with van der Waals surface area (Å²) < 4.78 is 23.2. The lowest BCUT2D eigenvalue weighted by molar-refractivity contribution is -0.129. The smallest absolute Gasteiger partial charge is 0.325 e. The third-order valence-corrected chi connectivity index (χ3v) is 17.5. The van der Waals surface area contributed by atoms with Crippen LogP contribution >= 0.6 is 23.2 Å². The minimum Gasteiger partial charge on any atom is -0.493 e. The van der Waals surface area contributed by atoms with Gasteiger partial charge in [0.2, 0.25) is 11.8 Å². The molecule has 0 spiro atoms. The van der Waals surface area contributed by atoms with Crippen LogP contribution in [0.1, 0.15) is 133 Å². The zero-order chi connectivity index (χ0) is 59.7. The van der Waals surface area contributed by atoms with Gasteiger partial charge in [-0.2, -0.15) is 5.10 Å². The van der Waals surface area contributed by atoms with E-state index in [-0.39, 0.29) is 42.3 Å². The summed E-state index contributed by atoms with van der Waals surface area (Å²) >= 11 is 13.0. The number of pyridine rings is 1. The Bertz CT molecular complexity index is 3250. The second-order valence-electron chi connectivity index (χ2n) is 24.1. The van der Waals surface area contributed by atoms with E-state index in [0.29, 0.717) is 66.3 Å². The van der Waals surface area contributed by atoms with Crippen LogP contribution in [0.5, 0.6) is 5.75 Å². The van der Waals surface area contributed by atoms with Gasteiger partial charge >= 0.3 is 6.03 Å². The molecule has 3 aromatic carbocycles. The van der Waals surface area contributed by atoms with E-state index in [4.69, 9.17) is 38.8 Å². The van der Waals surface area contributed by atoms with E-state index in [0.717, 1.165) is 128 Å². The molecule has 4 amide bonds. The molecule has 0 saturated carbocycles. The molecular weight excluding hydrogens is 1100 g/mol. The van der Waals surface area contributed by atoms with Crippen molar-refractivity contribution in [3.63, 3.8) is 0 Å². The number of piperazine rings is 1. The molecule has 3 N–H and O–H groups in total. The summed E-state index contributed by atoms with van der Waals surface area (Å²) in [5.41, 5.74) is 14.3. The van der Waals surface area contributed by atoms with Gasteiger partial charge in [0.15, 0.2) is 0 Å². The summed E-state index contributed by atoms with van der Waals surface area (Å²) in [6.45, 7) is 21.0. The molecule has 2 aromatic heterocycles. The topological polar surface area (TPSA) is 145 Å². The number of nitrogens with two attached hydrogens (primary N) is 1. The average molecular weight is 1180 g/mol. The molecule has 14 nitrogen and oxygen atoms in total. The Hall–Kier alpha value is -6.94. The fourth-order valence-electron chi connectivity index (χ4n) is 12.2. The standard InChI is InChI=1S/C67H83Cl2FN10O4/c1-8-84-60-41-50(66(3,4)5)25-30-54(60)59-42-67(6,49-23-28-52(69)29-24-49)63(47-21-26-51(68)27-22-47)80(59)65(83)77-37-35-76(36-38-77)32-14-12-10-9-11-13-19-61(81)72-31-34-78-44-55-48-40-58(64(71)73-43-48)79-33-16-18-57(79)46(2)39-53(70)17-15-20-62(82)75(7)45-56(55)74-78/h15,17,21-30,39-44,57,63H,2,8-14,16,18-20,31-38,45H2,1,3-7H3,(H2,71,73)(H,72,81)/b17-15-,53-39+/t57-,63-,67+/m1/s1. The summed E-state index contributed by atoms with van der Waals surface area (Å²) in [5, 5.41) is 9.25. The van der Waals surface area contributed by atoms with Crippen molar-refractivity contribution in [1.82, 2.24) is 39.7 Å². The van der Waals surface area contributed by atoms with Crippen LogP contribution in [0.25, 0.3) is 16.8 Å². The third-order valence-electron chi connectivity index (χ3n) is 17.0. The summed E-state index contributed by atoms with van der Waals surface area (Å²) in [4.78, 5) is 56.4. The minimum absolute atomic E-state index is 0.00842. The Morgan fingerprint density at radius 3 is 2.32 bits per heavy atom. The highest BCUT2D eigenvalue weighted by atomic mass is 35.5. The zero-order valence-corrected chi connectivity index (χ0v) is 51.3. The largest absolute Gasteiger partial charge is 0.493 e. The lowest BCUT2D eigenvalue weighted by atomic mass is 9.74. The lowest BCUT2D eigenvalue weighted by Gasteiger charge is -2.42. The highest BCUT2D eigenvalue weighted by molar-refractivity contribution is 6.30. The maximum Gasteiger partial charge on any atom is 0.325 e. The number of carbonyl (C=O) groups is 3. The summed E-state index contributed by atoms with van der Waals surface area (Å²) in [6, 6.07) is 23.7. The number of amides is 4. The van der Waals surface area contributed by atoms with Gasteiger partial charge in [-0.05, 0) is 134 Å². The Morgan fingerprint density at radius 2 is 1.61 bits per heavy atom. The molecule has 3 atom stereocenters. The number of hydrogen-bond acceptors (Lipinski definition) is 9. The van der Waals surface area contributed by atoms with Crippen molar-refractivity contribution in [2.24, 2.45) is 0 Å². The van der Waals surface area contributed by atoms with Crippen LogP contribution in [0.15, 0.2) is 127 Å². The molecule has 446 valence electrons. The van der Waals surface area contributed by atoms with E-state index in [2.05, 4.69) is 90.8 Å². The van der Waals surface area contributed by atoms with Crippen LogP contribution in [-0.4, -0.2) is 118 Å². The first-order valence-corrected chi connectivity index (χ1v) is 30.7. The van der Waals surface area contributed by atoms with Crippen LogP contribution in [0.3, 0.4) is 0 Å². The van der Waals surface area contributed by atoms with Gasteiger partial charge in [-0.15, -0.1) is 0 Å². The second kappa shape index (κ2) is 27.4. The molecule has 2 saturated heterocycles. The van der Waals surface area contributed by atoms with Crippen molar-refractivity contribution >= 4 is 58.2 Å². The zero-order valence-electron chi connectivity index (χ0n) is 49.8. The van der Waals surface area contributed by atoms with Gasteiger partial charge in [0, 0.05) is 104 Å². The van der Waals surface area contributed by atoms with E-state index >= 15 is 4.79 Å². The number of nitrogen functional groups attached to an aromatic ring is 1. The molecule has 2 fully saturated rings. The number of benzene rings is 3. The maximum absolute atomic E-state index is 15.4. The molecule has 0 unspecified atom stereocenters. The average Bonchev–Trinajstić information content (AvgIpc) is 1.71. The van der Waals surface area contributed by atoms with Crippen molar-refractivity contribution in [3.05, 3.63) is 165 Å². The number of allylic oxidation sites excluding steroid dienone is 2. The number of ether oxygens (including phenoxy) is 1. The van der Waals surface area contributed by atoms with E-state index in [9.17, 15) is 14.0 Å². The molecule has 0 aliphatic carbocycles. The lowest BCUT2D eigenvalue weighted by Crippen LogP contribution is -2.53. The van der Waals surface area contributed by atoms with Gasteiger partial charge in [0.25, 0.3) is 0 Å². The van der Waals surface area contributed by atoms with E-state index in [1.54, 1.807) is 22.8 Å². The van der Waals surface area contributed by atoms with Gasteiger partial charge in [-0.3, -0.25) is 24.1 Å². The van der Waals surface area contributed by atoms with Crippen LogP contribution in [-0.2, 0) is 33.5 Å². The summed E-state index contributed by atoms with van der Waals surface area (Å²) in [6.07, 6.45) is 18.5. The molecular formula is C67H83Cl2FN10O4. The SMILES string of the molecule is C=C1/C=C(F)\C=C/CC(=O)N(C)Cc2nn(CCNC(=O)CCCCCCCCN3CCN(C(=O)N4C(c5ccc(C(C)(C)C)cc5OCC)=C[C@@](C)(c5ccc(Cl)cc5)[C@H]4c4ccc(Cl)cc4)CC3)cc2-c2cnc(N)c(c2)N2CCC[C@H]12. The molecule has 17 heteroatoms. The molecule has 9 rings (SSSR count). The Kier molecular flexibility index (Phi) is 20.1. The first-order chi connectivity index (χ1) is 40.3. The molecule has 6 heterocycles. The van der Waals surface area contributed by atoms with Gasteiger partial charge in [-0.25, -0.2) is 14.2 Å².